The van der Waals surface area contributed by atoms with Gasteiger partial charge in [0.1, 0.15) is 6.10 Å². The number of unbranched alkanes of at least 4 members (excludes halogenated alkanes) is 2. The monoisotopic (exact) mass is 230 g/mol. The molecule has 16 heavy (non-hydrogen) atoms. The highest BCUT2D eigenvalue weighted by Crippen LogP contribution is 2.03. The molecule has 0 aromatic carbocycles. The topological polar surface area (TPSA) is 61.8 Å². The van der Waals surface area contributed by atoms with Gasteiger partial charge in [-0.05, 0) is 19.3 Å². The van der Waals surface area contributed by atoms with Crippen molar-refractivity contribution in [3.05, 3.63) is 0 Å². The number of aliphatic hydroxyl groups excluding tert-OH is 1. The third kappa shape index (κ3) is 4.47. The number of rotatable bonds is 6. The number of ether oxygens (including phenoxy) is 1. The van der Waals surface area contributed by atoms with Crippen molar-refractivity contribution in [3.8, 4) is 0 Å². The van der Waals surface area contributed by atoms with Gasteiger partial charge in [-0.1, -0.05) is 0 Å². The van der Waals surface area contributed by atoms with Crippen molar-refractivity contribution in [2.24, 2.45) is 0 Å². The zero-order valence-corrected chi connectivity index (χ0v) is 9.95. The molecular weight excluding hydrogens is 208 g/mol. The van der Waals surface area contributed by atoms with Crippen molar-refractivity contribution < 1.29 is 14.6 Å². The van der Waals surface area contributed by atoms with Crippen LogP contribution in [0.5, 0.6) is 0 Å². The van der Waals surface area contributed by atoms with Gasteiger partial charge in [0, 0.05) is 33.3 Å². The third-order valence-corrected chi connectivity index (χ3v) is 2.73. The van der Waals surface area contributed by atoms with E-state index in [0.717, 1.165) is 32.4 Å². The van der Waals surface area contributed by atoms with Gasteiger partial charge in [-0.15, -0.1) is 0 Å². The van der Waals surface area contributed by atoms with Crippen molar-refractivity contribution in [3.63, 3.8) is 0 Å². The van der Waals surface area contributed by atoms with E-state index < -0.39 is 0 Å². The van der Waals surface area contributed by atoms with Crippen LogP contribution in [0, 0.1) is 0 Å². The predicted molar refractivity (Wildman–Crippen MR) is 61.2 cm³/mol. The van der Waals surface area contributed by atoms with E-state index in [1.165, 1.54) is 0 Å². The molecule has 1 rings (SSSR count). The average molecular weight is 230 g/mol. The summed E-state index contributed by atoms with van der Waals surface area (Å²) in [5.41, 5.74) is 0. The van der Waals surface area contributed by atoms with Crippen LogP contribution in [0.1, 0.15) is 19.3 Å². The fourth-order valence-electron chi connectivity index (χ4n) is 1.72. The van der Waals surface area contributed by atoms with E-state index >= 15 is 0 Å². The van der Waals surface area contributed by atoms with E-state index in [9.17, 15) is 4.79 Å². The lowest BCUT2D eigenvalue weighted by molar-refractivity contribution is -0.143. The second kappa shape index (κ2) is 7.60. The lowest BCUT2D eigenvalue weighted by Gasteiger charge is -2.27. The van der Waals surface area contributed by atoms with Crippen LogP contribution in [0.4, 0.5) is 0 Å². The highest BCUT2D eigenvalue weighted by molar-refractivity contribution is 5.81. The normalized spacial score (nSPS) is 20.8. The molecule has 5 nitrogen and oxygen atoms in total. The van der Waals surface area contributed by atoms with Crippen molar-refractivity contribution in [2.75, 3.05) is 39.9 Å². The number of aliphatic hydroxyl groups is 1. The van der Waals surface area contributed by atoms with Crippen LogP contribution >= 0.6 is 0 Å². The third-order valence-electron chi connectivity index (χ3n) is 2.73. The van der Waals surface area contributed by atoms with Crippen molar-refractivity contribution in [1.82, 2.24) is 10.2 Å². The fraction of sp³-hybridized carbons (Fsp3) is 0.909. The first-order valence-corrected chi connectivity index (χ1v) is 5.94. The number of morpholine rings is 1. The molecule has 1 unspecified atom stereocenters. The molecule has 0 aromatic rings. The minimum Gasteiger partial charge on any atom is -0.396 e. The Hall–Kier alpha value is -0.650. The Morgan fingerprint density at radius 3 is 2.94 bits per heavy atom. The SMILES string of the molecule is CN(CCCCCO)C(=O)C1CNCCO1. The molecule has 0 aromatic heterocycles. The minimum atomic E-state index is -0.323. The molecule has 0 bridgehead atoms. The van der Waals surface area contributed by atoms with Crippen molar-refractivity contribution in [1.29, 1.82) is 0 Å². The molecule has 0 spiro atoms. The summed E-state index contributed by atoms with van der Waals surface area (Å²) in [4.78, 5) is 13.6. The predicted octanol–water partition coefficient (Wildman–Crippen LogP) is -0.404. The van der Waals surface area contributed by atoms with E-state index in [2.05, 4.69) is 5.32 Å². The van der Waals surface area contributed by atoms with Crippen molar-refractivity contribution in [2.45, 2.75) is 25.4 Å². The lowest BCUT2D eigenvalue weighted by atomic mass is 10.2. The van der Waals surface area contributed by atoms with Gasteiger partial charge in [0.25, 0.3) is 5.91 Å². The molecule has 94 valence electrons. The number of carbonyl (C=O) groups is 1. The maximum absolute atomic E-state index is 11.9. The van der Waals surface area contributed by atoms with Crippen LogP contribution in [0.25, 0.3) is 0 Å². The number of nitrogens with zero attached hydrogens (tertiary/aromatic N) is 1. The molecular formula is C11H22N2O3. The Morgan fingerprint density at radius 1 is 1.50 bits per heavy atom. The molecule has 1 saturated heterocycles. The summed E-state index contributed by atoms with van der Waals surface area (Å²) in [7, 11) is 1.80. The largest absolute Gasteiger partial charge is 0.396 e. The summed E-state index contributed by atoms with van der Waals surface area (Å²) in [6.45, 7) is 3.00. The average Bonchev–Trinajstić information content (AvgIpc) is 2.34. The van der Waals surface area contributed by atoms with Crippen LogP contribution in [-0.2, 0) is 9.53 Å². The molecule has 0 radical (unpaired) electrons. The van der Waals surface area contributed by atoms with E-state index in [-0.39, 0.29) is 18.6 Å². The minimum absolute atomic E-state index is 0.0520. The number of amides is 1. The second-order valence-electron chi connectivity index (χ2n) is 4.11. The first-order valence-electron chi connectivity index (χ1n) is 5.94. The molecule has 1 fully saturated rings. The van der Waals surface area contributed by atoms with Gasteiger partial charge in [0.15, 0.2) is 0 Å². The van der Waals surface area contributed by atoms with Gasteiger partial charge in [-0.3, -0.25) is 4.79 Å². The summed E-state index contributed by atoms with van der Waals surface area (Å²) >= 11 is 0. The van der Waals surface area contributed by atoms with Crippen LogP contribution < -0.4 is 5.32 Å². The molecule has 1 aliphatic rings. The van der Waals surface area contributed by atoms with E-state index in [4.69, 9.17) is 9.84 Å². The Kier molecular flexibility index (Phi) is 6.37. The zero-order chi connectivity index (χ0) is 11.8. The van der Waals surface area contributed by atoms with E-state index in [1.807, 2.05) is 0 Å². The number of hydrogen-bond donors (Lipinski definition) is 2. The Labute approximate surface area is 96.8 Å². The fourth-order valence-corrected chi connectivity index (χ4v) is 1.72. The standard InChI is InChI=1S/C11H22N2O3/c1-13(6-3-2-4-7-14)11(15)10-9-12-5-8-16-10/h10,12,14H,2-9H2,1H3. The Balaban J connectivity index is 2.18. The summed E-state index contributed by atoms with van der Waals surface area (Å²) in [5, 5.41) is 11.8. The number of nitrogens with one attached hydrogen (secondary N) is 1. The molecule has 0 aliphatic carbocycles. The first kappa shape index (κ1) is 13.4. The first-order chi connectivity index (χ1) is 7.75. The summed E-state index contributed by atoms with van der Waals surface area (Å²) < 4.78 is 5.39. The molecule has 5 heteroatoms. The van der Waals surface area contributed by atoms with Gasteiger partial charge >= 0.3 is 0 Å². The van der Waals surface area contributed by atoms with Gasteiger partial charge < -0.3 is 20.1 Å². The number of likely N-dealkylation sites (N-methyl/N-ethyl adjacent to an activating group) is 1. The summed E-state index contributed by atoms with van der Waals surface area (Å²) in [6.07, 6.45) is 2.38. The molecule has 1 atom stereocenters. The number of hydrogen-bond acceptors (Lipinski definition) is 4. The molecule has 1 amide bonds. The highest BCUT2D eigenvalue weighted by atomic mass is 16.5. The van der Waals surface area contributed by atoms with Gasteiger partial charge in [0.2, 0.25) is 0 Å². The molecule has 1 heterocycles. The Bertz CT molecular complexity index is 205. The Morgan fingerprint density at radius 2 is 2.31 bits per heavy atom. The molecule has 0 saturated carbocycles. The van der Waals surface area contributed by atoms with Crippen LogP contribution in [0.3, 0.4) is 0 Å². The van der Waals surface area contributed by atoms with Crippen molar-refractivity contribution >= 4 is 5.91 Å². The highest BCUT2D eigenvalue weighted by Gasteiger charge is 2.24. The van der Waals surface area contributed by atoms with Gasteiger partial charge in [-0.2, -0.15) is 0 Å². The second-order valence-corrected chi connectivity index (χ2v) is 4.11. The maximum Gasteiger partial charge on any atom is 0.252 e. The van der Waals surface area contributed by atoms with Gasteiger partial charge in [0.05, 0.1) is 6.61 Å². The smallest absolute Gasteiger partial charge is 0.252 e. The van der Waals surface area contributed by atoms with E-state index in [1.54, 1.807) is 11.9 Å². The van der Waals surface area contributed by atoms with Crippen LogP contribution in [0.2, 0.25) is 0 Å². The van der Waals surface area contributed by atoms with E-state index in [0.29, 0.717) is 13.2 Å². The quantitative estimate of drug-likeness (QED) is 0.609. The number of carbonyl (C=O) groups excluding carboxylic acids is 1. The lowest BCUT2D eigenvalue weighted by Crippen LogP contribution is -2.48. The van der Waals surface area contributed by atoms with Crippen LogP contribution in [0.15, 0.2) is 0 Å². The maximum atomic E-state index is 11.9. The van der Waals surface area contributed by atoms with Gasteiger partial charge in [-0.25, -0.2) is 0 Å². The summed E-state index contributed by atoms with van der Waals surface area (Å²) in [6, 6.07) is 0. The zero-order valence-electron chi connectivity index (χ0n) is 9.95. The van der Waals surface area contributed by atoms with Crippen LogP contribution in [-0.4, -0.2) is 61.9 Å². The molecule has 2 N–H and O–H groups in total. The molecule has 1 aliphatic heterocycles. The summed E-state index contributed by atoms with van der Waals surface area (Å²) in [5.74, 6) is 0.0520.